The number of esters is 2. The van der Waals surface area contributed by atoms with Gasteiger partial charge in [0, 0.05) is 45.1 Å². The maximum Gasteiger partial charge on any atom is 0.341 e. The molecule has 0 spiro atoms. The van der Waals surface area contributed by atoms with E-state index in [2.05, 4.69) is 20.0 Å². The van der Waals surface area contributed by atoms with Crippen molar-refractivity contribution in [3.63, 3.8) is 0 Å². The molecule has 1 aliphatic heterocycles. The predicted molar refractivity (Wildman–Crippen MR) is 128 cm³/mol. The van der Waals surface area contributed by atoms with Crippen LogP contribution in [0.5, 0.6) is 0 Å². The van der Waals surface area contributed by atoms with E-state index in [1.165, 1.54) is 26.6 Å². The Morgan fingerprint density at radius 2 is 1.89 bits per heavy atom. The number of pyridine rings is 1. The first kappa shape index (κ1) is 25.8. The Hall–Kier alpha value is -3.81. The van der Waals surface area contributed by atoms with Crippen LogP contribution < -0.4 is 15.6 Å². The van der Waals surface area contributed by atoms with Gasteiger partial charge in [0.25, 0.3) is 0 Å². The number of anilines is 1. The van der Waals surface area contributed by atoms with Gasteiger partial charge in [-0.05, 0) is 19.1 Å². The number of methoxy groups -OCH3 is 2. The van der Waals surface area contributed by atoms with E-state index in [0.717, 1.165) is 0 Å². The average molecular weight is 507 g/mol. The number of nitrogens with zero attached hydrogens (tertiary/aromatic N) is 5. The third-order valence-corrected chi connectivity index (χ3v) is 5.98. The normalized spacial score (nSPS) is 14.4. The van der Waals surface area contributed by atoms with Crippen LogP contribution in [0, 0.1) is 0 Å². The molecule has 1 fully saturated rings. The maximum atomic E-state index is 12.5. The Morgan fingerprint density at radius 3 is 2.46 bits per heavy atom. The van der Waals surface area contributed by atoms with E-state index in [1.807, 2.05) is 16.7 Å². The second kappa shape index (κ2) is 11.1. The summed E-state index contributed by atoms with van der Waals surface area (Å²) in [7, 11) is 2.45. The van der Waals surface area contributed by atoms with Gasteiger partial charge in [-0.1, -0.05) is 0 Å². The van der Waals surface area contributed by atoms with Crippen LogP contribution >= 0.6 is 12.2 Å². The largest absolute Gasteiger partial charge is 0.477 e. The number of carbonyl (C=O) groups excluding carboxylic acids is 2. The van der Waals surface area contributed by atoms with Crippen molar-refractivity contribution in [3.8, 4) is 0 Å². The van der Waals surface area contributed by atoms with Crippen LogP contribution in [0.15, 0.2) is 17.2 Å². The SMILES string of the molecule is CCn1cc(C(=O)O)c(=O)c2cnc(N3CCN(C(=S)NC(CC(=O)OC)C(=O)OC)CC3)nc21. The van der Waals surface area contributed by atoms with Gasteiger partial charge in [-0.3, -0.25) is 9.59 Å². The number of thiocarbonyl (C=S) groups is 1. The first-order chi connectivity index (χ1) is 16.7. The molecule has 1 unspecified atom stereocenters. The second-order valence-electron chi connectivity index (χ2n) is 7.65. The van der Waals surface area contributed by atoms with Crippen LogP contribution in [0.25, 0.3) is 11.0 Å². The molecule has 0 saturated carbocycles. The molecule has 14 heteroatoms. The summed E-state index contributed by atoms with van der Waals surface area (Å²) in [6.07, 6.45) is 2.42. The number of fused-ring (bicyclic) bond motifs is 1. The van der Waals surface area contributed by atoms with Crippen LogP contribution in [0.2, 0.25) is 0 Å². The summed E-state index contributed by atoms with van der Waals surface area (Å²) in [6, 6.07) is -0.969. The topological polar surface area (TPSA) is 156 Å². The zero-order chi connectivity index (χ0) is 25.7. The van der Waals surface area contributed by atoms with E-state index in [0.29, 0.717) is 49.4 Å². The summed E-state index contributed by atoms with van der Waals surface area (Å²) < 4.78 is 11.0. The summed E-state index contributed by atoms with van der Waals surface area (Å²) in [5.74, 6) is -2.10. The molecule has 2 N–H and O–H groups in total. The molecule has 0 aromatic carbocycles. The lowest BCUT2D eigenvalue weighted by atomic mass is 10.2. The van der Waals surface area contributed by atoms with E-state index in [9.17, 15) is 24.3 Å². The second-order valence-corrected chi connectivity index (χ2v) is 8.04. The summed E-state index contributed by atoms with van der Waals surface area (Å²) in [5.41, 5.74) is -0.601. The number of carbonyl (C=O) groups is 3. The Morgan fingerprint density at radius 1 is 1.20 bits per heavy atom. The third kappa shape index (κ3) is 5.65. The zero-order valence-corrected chi connectivity index (χ0v) is 20.3. The van der Waals surface area contributed by atoms with Crippen molar-refractivity contribution in [2.45, 2.75) is 25.9 Å². The van der Waals surface area contributed by atoms with Crippen molar-refractivity contribution in [1.82, 2.24) is 24.8 Å². The molecule has 1 saturated heterocycles. The molecule has 0 bridgehead atoms. The first-order valence-corrected chi connectivity index (χ1v) is 11.2. The van der Waals surface area contributed by atoms with E-state index < -0.39 is 29.4 Å². The van der Waals surface area contributed by atoms with Gasteiger partial charge in [0.1, 0.15) is 17.3 Å². The zero-order valence-electron chi connectivity index (χ0n) is 19.5. The Labute approximate surface area is 205 Å². The van der Waals surface area contributed by atoms with Crippen LogP contribution in [0.4, 0.5) is 5.95 Å². The fourth-order valence-corrected chi connectivity index (χ4v) is 3.97. The minimum absolute atomic E-state index is 0.138. The van der Waals surface area contributed by atoms with E-state index in [-0.39, 0.29) is 17.4 Å². The van der Waals surface area contributed by atoms with E-state index >= 15 is 0 Å². The number of carboxylic acid groups (broad SMARTS) is 1. The molecule has 1 aliphatic rings. The third-order valence-electron chi connectivity index (χ3n) is 5.60. The molecule has 3 rings (SSSR count). The van der Waals surface area contributed by atoms with Gasteiger partial charge in [-0.25, -0.2) is 14.6 Å². The predicted octanol–water partition coefficient (Wildman–Crippen LogP) is -0.389. The van der Waals surface area contributed by atoms with Crippen molar-refractivity contribution in [1.29, 1.82) is 0 Å². The van der Waals surface area contributed by atoms with Crippen molar-refractivity contribution >= 4 is 52.2 Å². The van der Waals surface area contributed by atoms with Crippen molar-refractivity contribution in [2.75, 3.05) is 45.3 Å². The highest BCUT2D eigenvalue weighted by Crippen LogP contribution is 2.16. The van der Waals surface area contributed by atoms with E-state index in [1.54, 1.807) is 4.57 Å². The number of hydrogen-bond donors (Lipinski definition) is 2. The van der Waals surface area contributed by atoms with Crippen LogP contribution in [0.1, 0.15) is 23.7 Å². The standard InChI is InChI=1S/C21H26N6O7S/c1-4-25-11-13(18(30)31)16(29)12-10-22-20(24-17(12)25)26-5-7-27(8-6-26)21(35)23-14(19(32)34-3)9-15(28)33-2/h10-11,14H,4-9H2,1-3H3,(H,23,35)(H,30,31). The highest BCUT2D eigenvalue weighted by atomic mass is 32.1. The van der Waals surface area contributed by atoms with Gasteiger partial charge in [-0.15, -0.1) is 0 Å². The van der Waals surface area contributed by atoms with Gasteiger partial charge < -0.3 is 34.3 Å². The number of carboxylic acids is 1. The molecular weight excluding hydrogens is 480 g/mol. The number of aromatic carboxylic acids is 1. The molecule has 2 aromatic heterocycles. The molecule has 188 valence electrons. The summed E-state index contributed by atoms with van der Waals surface area (Å²) >= 11 is 5.42. The summed E-state index contributed by atoms with van der Waals surface area (Å²) in [6.45, 7) is 4.21. The van der Waals surface area contributed by atoms with Gasteiger partial charge in [0.2, 0.25) is 11.4 Å². The molecule has 0 amide bonds. The van der Waals surface area contributed by atoms with Crippen molar-refractivity contribution < 1.29 is 29.0 Å². The average Bonchev–Trinajstić information content (AvgIpc) is 2.87. The van der Waals surface area contributed by atoms with Gasteiger partial charge in [0.05, 0.1) is 26.0 Å². The smallest absolute Gasteiger partial charge is 0.341 e. The Kier molecular flexibility index (Phi) is 8.17. The number of aromatic nitrogens is 3. The number of piperazine rings is 1. The van der Waals surface area contributed by atoms with Crippen molar-refractivity contribution in [2.24, 2.45) is 0 Å². The van der Waals surface area contributed by atoms with Crippen LogP contribution in [0.3, 0.4) is 0 Å². The van der Waals surface area contributed by atoms with Crippen molar-refractivity contribution in [3.05, 3.63) is 28.2 Å². The number of nitrogens with one attached hydrogen (secondary N) is 1. The molecule has 35 heavy (non-hydrogen) atoms. The first-order valence-electron chi connectivity index (χ1n) is 10.8. The molecule has 3 heterocycles. The monoisotopic (exact) mass is 506 g/mol. The van der Waals surface area contributed by atoms with Gasteiger partial charge in [-0.2, -0.15) is 4.98 Å². The highest BCUT2D eigenvalue weighted by Gasteiger charge is 2.28. The number of ether oxygens (including phenoxy) is 2. The molecular formula is C21H26N6O7S. The maximum absolute atomic E-state index is 12.5. The Bertz CT molecular complexity index is 1210. The summed E-state index contributed by atoms with van der Waals surface area (Å²) in [5, 5.41) is 12.6. The highest BCUT2D eigenvalue weighted by molar-refractivity contribution is 7.80. The lowest BCUT2D eigenvalue weighted by molar-refractivity contribution is -0.149. The molecule has 0 aliphatic carbocycles. The fraction of sp³-hybridized carbons (Fsp3) is 0.476. The van der Waals surface area contributed by atoms with Gasteiger partial charge in [0.15, 0.2) is 5.11 Å². The lowest BCUT2D eigenvalue weighted by Crippen LogP contribution is -2.55. The molecule has 13 nitrogen and oxygen atoms in total. The molecule has 0 radical (unpaired) electrons. The van der Waals surface area contributed by atoms with Gasteiger partial charge >= 0.3 is 17.9 Å². The Balaban J connectivity index is 1.72. The minimum atomic E-state index is -1.30. The summed E-state index contributed by atoms with van der Waals surface area (Å²) in [4.78, 5) is 60.1. The molecule has 2 aromatic rings. The number of aryl methyl sites for hydroxylation is 1. The fourth-order valence-electron chi connectivity index (χ4n) is 3.64. The van der Waals surface area contributed by atoms with Crippen LogP contribution in [-0.2, 0) is 25.6 Å². The number of rotatable bonds is 7. The minimum Gasteiger partial charge on any atom is -0.477 e. The number of hydrogen-bond acceptors (Lipinski definition) is 10. The van der Waals surface area contributed by atoms with E-state index in [4.69, 9.17) is 17.0 Å². The van der Waals surface area contributed by atoms with Crippen LogP contribution in [-0.4, -0.2) is 94.0 Å². The quantitative estimate of drug-likeness (QED) is 0.370. The molecule has 1 atom stereocenters. The lowest BCUT2D eigenvalue weighted by Gasteiger charge is -2.36.